The monoisotopic (exact) mass is 246 g/mol. The molecule has 1 aromatic rings. The molecule has 0 aromatic heterocycles. The lowest BCUT2D eigenvalue weighted by Crippen LogP contribution is -1.98. The first kappa shape index (κ1) is 15.3. The number of rotatable bonds is 9. The molecule has 0 amide bonds. The number of benzene rings is 1. The van der Waals surface area contributed by atoms with Crippen LogP contribution in [-0.2, 0) is 12.8 Å². The summed E-state index contributed by atoms with van der Waals surface area (Å²) in [7, 11) is 0. The second kappa shape index (κ2) is 9.19. The molecule has 0 aliphatic rings. The predicted molar refractivity (Wildman–Crippen MR) is 82.1 cm³/mol. The van der Waals surface area contributed by atoms with Crippen molar-refractivity contribution < 1.29 is 0 Å². The van der Waals surface area contributed by atoms with Crippen molar-refractivity contribution in [2.24, 2.45) is 5.92 Å². The quantitative estimate of drug-likeness (QED) is 0.484. The highest BCUT2D eigenvalue weighted by Gasteiger charge is 2.02. The van der Waals surface area contributed by atoms with E-state index in [0.29, 0.717) is 0 Å². The van der Waals surface area contributed by atoms with E-state index in [-0.39, 0.29) is 0 Å². The van der Waals surface area contributed by atoms with Crippen molar-refractivity contribution in [1.29, 1.82) is 0 Å². The zero-order valence-corrected chi connectivity index (χ0v) is 12.5. The maximum atomic E-state index is 2.40. The van der Waals surface area contributed by atoms with Crippen LogP contribution in [0, 0.1) is 5.92 Å². The lowest BCUT2D eigenvalue weighted by atomic mass is 9.95. The van der Waals surface area contributed by atoms with E-state index in [1.165, 1.54) is 62.5 Å². The topological polar surface area (TPSA) is 0 Å². The SMILES string of the molecule is CCCCCC(C)CCc1ccc(CCC)cc1. The van der Waals surface area contributed by atoms with E-state index in [4.69, 9.17) is 0 Å². The molecular formula is C18H30. The largest absolute Gasteiger partial charge is 0.0654 e. The Balaban J connectivity index is 2.25. The van der Waals surface area contributed by atoms with Crippen LogP contribution >= 0.6 is 0 Å². The van der Waals surface area contributed by atoms with Crippen LogP contribution in [0.3, 0.4) is 0 Å². The van der Waals surface area contributed by atoms with E-state index in [1.807, 2.05) is 0 Å². The summed E-state index contributed by atoms with van der Waals surface area (Å²) in [4.78, 5) is 0. The normalized spacial score (nSPS) is 12.6. The molecule has 0 N–H and O–H groups in total. The van der Waals surface area contributed by atoms with E-state index in [2.05, 4.69) is 45.0 Å². The first-order valence-corrected chi connectivity index (χ1v) is 7.84. The van der Waals surface area contributed by atoms with Gasteiger partial charge in [0.1, 0.15) is 0 Å². The van der Waals surface area contributed by atoms with Crippen molar-refractivity contribution in [2.45, 2.75) is 72.1 Å². The van der Waals surface area contributed by atoms with Crippen LogP contribution in [-0.4, -0.2) is 0 Å². The van der Waals surface area contributed by atoms with E-state index < -0.39 is 0 Å². The van der Waals surface area contributed by atoms with Crippen LogP contribution in [0.25, 0.3) is 0 Å². The van der Waals surface area contributed by atoms with E-state index >= 15 is 0 Å². The Morgan fingerprint density at radius 2 is 1.39 bits per heavy atom. The van der Waals surface area contributed by atoms with Crippen molar-refractivity contribution in [3.63, 3.8) is 0 Å². The van der Waals surface area contributed by atoms with Gasteiger partial charge in [-0.15, -0.1) is 0 Å². The van der Waals surface area contributed by atoms with Gasteiger partial charge in [-0.05, 0) is 36.3 Å². The summed E-state index contributed by atoms with van der Waals surface area (Å²) in [5, 5.41) is 0. The van der Waals surface area contributed by atoms with E-state index in [9.17, 15) is 0 Å². The summed E-state index contributed by atoms with van der Waals surface area (Å²) in [6.07, 6.45) is 10.6. The van der Waals surface area contributed by atoms with E-state index in [0.717, 1.165) is 5.92 Å². The molecule has 0 saturated carbocycles. The third-order valence-corrected chi connectivity index (χ3v) is 3.79. The molecule has 0 aliphatic carbocycles. The molecule has 1 atom stereocenters. The maximum absolute atomic E-state index is 2.40. The smallest absolute Gasteiger partial charge is 0.0276 e. The lowest BCUT2D eigenvalue weighted by Gasteiger charge is -2.11. The van der Waals surface area contributed by atoms with Gasteiger partial charge in [0, 0.05) is 0 Å². The molecule has 0 fully saturated rings. The molecular weight excluding hydrogens is 216 g/mol. The van der Waals surface area contributed by atoms with Gasteiger partial charge in [-0.3, -0.25) is 0 Å². The Morgan fingerprint density at radius 3 is 1.94 bits per heavy atom. The predicted octanol–water partition coefficient (Wildman–Crippen LogP) is 5.79. The first-order valence-electron chi connectivity index (χ1n) is 7.84. The van der Waals surface area contributed by atoms with Gasteiger partial charge < -0.3 is 0 Å². The fraction of sp³-hybridized carbons (Fsp3) is 0.667. The Morgan fingerprint density at radius 1 is 0.778 bits per heavy atom. The van der Waals surface area contributed by atoms with Gasteiger partial charge in [0.25, 0.3) is 0 Å². The molecule has 0 bridgehead atoms. The Kier molecular flexibility index (Phi) is 7.80. The Labute approximate surface area is 114 Å². The van der Waals surface area contributed by atoms with Gasteiger partial charge in [0.15, 0.2) is 0 Å². The van der Waals surface area contributed by atoms with Gasteiger partial charge in [0.05, 0.1) is 0 Å². The molecule has 1 unspecified atom stereocenters. The summed E-state index contributed by atoms with van der Waals surface area (Å²) in [5.41, 5.74) is 2.99. The van der Waals surface area contributed by atoms with Crippen LogP contribution < -0.4 is 0 Å². The van der Waals surface area contributed by atoms with Crippen LogP contribution in [0.4, 0.5) is 0 Å². The summed E-state index contributed by atoms with van der Waals surface area (Å²) in [6, 6.07) is 9.26. The Bertz CT molecular complexity index is 296. The van der Waals surface area contributed by atoms with Crippen LogP contribution in [0.1, 0.15) is 70.4 Å². The second-order valence-corrected chi connectivity index (χ2v) is 5.71. The summed E-state index contributed by atoms with van der Waals surface area (Å²) in [6.45, 7) is 6.93. The first-order chi connectivity index (χ1) is 8.76. The Hall–Kier alpha value is -0.780. The minimum Gasteiger partial charge on any atom is -0.0654 e. The maximum Gasteiger partial charge on any atom is -0.0276 e. The minimum atomic E-state index is 0.881. The third-order valence-electron chi connectivity index (χ3n) is 3.79. The summed E-state index contributed by atoms with van der Waals surface area (Å²) >= 11 is 0. The van der Waals surface area contributed by atoms with Crippen molar-refractivity contribution in [1.82, 2.24) is 0 Å². The molecule has 102 valence electrons. The van der Waals surface area contributed by atoms with Crippen molar-refractivity contribution in [2.75, 3.05) is 0 Å². The van der Waals surface area contributed by atoms with Crippen LogP contribution in [0.2, 0.25) is 0 Å². The highest BCUT2D eigenvalue weighted by atomic mass is 14.1. The molecule has 1 aromatic carbocycles. The van der Waals surface area contributed by atoms with Crippen molar-refractivity contribution in [3.8, 4) is 0 Å². The zero-order chi connectivity index (χ0) is 13.2. The average molecular weight is 246 g/mol. The molecule has 0 radical (unpaired) electrons. The van der Waals surface area contributed by atoms with E-state index in [1.54, 1.807) is 0 Å². The number of hydrogen-bond donors (Lipinski definition) is 0. The zero-order valence-electron chi connectivity index (χ0n) is 12.5. The number of aryl methyl sites for hydroxylation is 2. The molecule has 1 rings (SSSR count). The van der Waals surface area contributed by atoms with Gasteiger partial charge in [-0.2, -0.15) is 0 Å². The number of unbranched alkanes of at least 4 members (excludes halogenated alkanes) is 2. The molecule has 0 heterocycles. The molecule has 18 heavy (non-hydrogen) atoms. The fourth-order valence-corrected chi connectivity index (χ4v) is 2.46. The van der Waals surface area contributed by atoms with Gasteiger partial charge >= 0.3 is 0 Å². The standard InChI is InChI=1S/C18H30/c1-4-6-7-9-16(3)10-11-18-14-12-17(8-5-2)13-15-18/h12-16H,4-11H2,1-3H3. The van der Waals surface area contributed by atoms with Gasteiger partial charge in [-0.1, -0.05) is 77.1 Å². The fourth-order valence-electron chi connectivity index (χ4n) is 2.46. The van der Waals surface area contributed by atoms with Crippen LogP contribution in [0.5, 0.6) is 0 Å². The summed E-state index contributed by atoms with van der Waals surface area (Å²) < 4.78 is 0. The molecule has 0 heteroatoms. The highest BCUT2D eigenvalue weighted by Crippen LogP contribution is 2.16. The highest BCUT2D eigenvalue weighted by molar-refractivity contribution is 5.22. The summed E-state index contributed by atoms with van der Waals surface area (Å²) in [5.74, 6) is 0.881. The molecule has 0 saturated heterocycles. The average Bonchev–Trinajstić information content (AvgIpc) is 2.39. The van der Waals surface area contributed by atoms with Gasteiger partial charge in [-0.25, -0.2) is 0 Å². The molecule has 0 spiro atoms. The van der Waals surface area contributed by atoms with Crippen molar-refractivity contribution in [3.05, 3.63) is 35.4 Å². The van der Waals surface area contributed by atoms with Gasteiger partial charge in [0.2, 0.25) is 0 Å². The lowest BCUT2D eigenvalue weighted by molar-refractivity contribution is 0.464. The number of hydrogen-bond acceptors (Lipinski definition) is 0. The molecule has 0 aliphatic heterocycles. The second-order valence-electron chi connectivity index (χ2n) is 5.71. The van der Waals surface area contributed by atoms with Crippen LogP contribution in [0.15, 0.2) is 24.3 Å². The molecule has 0 nitrogen and oxygen atoms in total. The third kappa shape index (κ3) is 6.23. The van der Waals surface area contributed by atoms with Crippen molar-refractivity contribution >= 4 is 0 Å². The minimum absolute atomic E-state index is 0.881.